The van der Waals surface area contributed by atoms with Crippen molar-refractivity contribution in [2.45, 2.75) is 19.9 Å². The molecule has 0 saturated carbocycles. The zero-order valence-electron chi connectivity index (χ0n) is 7.58. The highest BCUT2D eigenvalue weighted by Gasteiger charge is 2.31. The van der Waals surface area contributed by atoms with E-state index in [2.05, 4.69) is 5.10 Å². The van der Waals surface area contributed by atoms with E-state index in [0.717, 1.165) is 6.20 Å². The second-order valence-electron chi connectivity index (χ2n) is 2.93. The van der Waals surface area contributed by atoms with Gasteiger partial charge in [-0.3, -0.25) is 10.1 Å². The lowest BCUT2D eigenvalue weighted by Crippen LogP contribution is -2.01. The van der Waals surface area contributed by atoms with Crippen LogP contribution >= 0.6 is 0 Å². The largest absolute Gasteiger partial charge is 0.467 e. The summed E-state index contributed by atoms with van der Waals surface area (Å²) in [5.74, 6) is -0.719. The summed E-state index contributed by atoms with van der Waals surface area (Å²) in [6.45, 7) is 3.45. The van der Waals surface area contributed by atoms with Crippen LogP contribution in [-0.4, -0.2) is 19.6 Å². The van der Waals surface area contributed by atoms with Crippen molar-refractivity contribution in [2.24, 2.45) is 0 Å². The molecule has 76 valence electrons. The summed E-state index contributed by atoms with van der Waals surface area (Å²) < 4.78 is 1.19. The van der Waals surface area contributed by atoms with E-state index < -0.39 is 21.4 Å². The highest BCUT2D eigenvalue weighted by molar-refractivity contribution is 5.44. The minimum Gasteiger partial charge on any atom is -0.358 e. The summed E-state index contributed by atoms with van der Waals surface area (Å²) in [5, 5.41) is 24.3. The number of rotatable bonds is 3. The van der Waals surface area contributed by atoms with Gasteiger partial charge < -0.3 is 10.1 Å². The molecular weight excluding hydrogens is 192 g/mol. The first-order valence-corrected chi connectivity index (χ1v) is 3.81. The van der Waals surface area contributed by atoms with Crippen molar-refractivity contribution in [3.63, 3.8) is 0 Å². The molecule has 0 N–H and O–H groups in total. The van der Waals surface area contributed by atoms with Gasteiger partial charge in [-0.1, -0.05) is 0 Å². The average Bonchev–Trinajstić information content (AvgIpc) is 2.47. The number of nitro groups is 2. The van der Waals surface area contributed by atoms with Crippen molar-refractivity contribution < 1.29 is 9.85 Å². The van der Waals surface area contributed by atoms with Crippen LogP contribution in [0.25, 0.3) is 0 Å². The zero-order valence-corrected chi connectivity index (χ0v) is 7.58. The molecule has 14 heavy (non-hydrogen) atoms. The van der Waals surface area contributed by atoms with Gasteiger partial charge in [0.15, 0.2) is 0 Å². The second-order valence-corrected chi connectivity index (χ2v) is 2.93. The Morgan fingerprint density at radius 3 is 2.21 bits per heavy atom. The maximum absolute atomic E-state index is 10.4. The Morgan fingerprint density at radius 2 is 1.93 bits per heavy atom. The van der Waals surface area contributed by atoms with Crippen LogP contribution < -0.4 is 0 Å². The molecule has 0 unspecified atom stereocenters. The predicted molar refractivity (Wildman–Crippen MR) is 45.9 cm³/mol. The fourth-order valence-corrected chi connectivity index (χ4v) is 0.896. The van der Waals surface area contributed by atoms with E-state index in [1.165, 1.54) is 4.68 Å². The van der Waals surface area contributed by atoms with E-state index in [1.807, 2.05) is 0 Å². The van der Waals surface area contributed by atoms with Gasteiger partial charge in [0.1, 0.15) is 6.20 Å². The highest BCUT2D eigenvalue weighted by Crippen LogP contribution is 2.25. The van der Waals surface area contributed by atoms with E-state index in [-0.39, 0.29) is 6.04 Å². The van der Waals surface area contributed by atoms with Crippen molar-refractivity contribution in [1.82, 2.24) is 9.78 Å². The van der Waals surface area contributed by atoms with Crippen LogP contribution in [0.2, 0.25) is 0 Å². The lowest BCUT2D eigenvalue weighted by molar-refractivity contribution is -0.424. The number of aromatic nitrogens is 2. The molecule has 1 aromatic rings. The summed E-state index contributed by atoms with van der Waals surface area (Å²) in [5.41, 5.74) is -0.580. The van der Waals surface area contributed by atoms with Crippen LogP contribution in [0.4, 0.5) is 11.5 Å². The Bertz CT molecular complexity index is 352. The first kappa shape index (κ1) is 10.1. The van der Waals surface area contributed by atoms with Crippen LogP contribution in [-0.2, 0) is 0 Å². The van der Waals surface area contributed by atoms with E-state index in [1.54, 1.807) is 13.8 Å². The zero-order chi connectivity index (χ0) is 10.9. The summed E-state index contributed by atoms with van der Waals surface area (Å²) in [6.07, 6.45) is 1.06. The van der Waals surface area contributed by atoms with Gasteiger partial charge in [0.2, 0.25) is 0 Å². The Kier molecular flexibility index (Phi) is 2.45. The molecule has 0 aliphatic carbocycles. The minimum absolute atomic E-state index is 0.151. The fourth-order valence-electron chi connectivity index (χ4n) is 0.896. The first-order valence-electron chi connectivity index (χ1n) is 3.81. The van der Waals surface area contributed by atoms with Crippen molar-refractivity contribution in [1.29, 1.82) is 0 Å². The maximum Gasteiger partial charge on any atom is 0.467 e. The van der Waals surface area contributed by atoms with Gasteiger partial charge in [0.25, 0.3) is 0 Å². The summed E-state index contributed by atoms with van der Waals surface area (Å²) >= 11 is 0. The fraction of sp³-hybridized carbons (Fsp3) is 0.500. The van der Waals surface area contributed by atoms with Gasteiger partial charge in [-0.2, -0.15) is 4.68 Å². The Balaban J connectivity index is 3.26. The average molecular weight is 200 g/mol. The third kappa shape index (κ3) is 1.68. The number of hydrogen-bond donors (Lipinski definition) is 0. The summed E-state index contributed by atoms with van der Waals surface area (Å²) in [7, 11) is 0. The molecule has 0 aromatic carbocycles. The molecule has 0 aliphatic heterocycles. The van der Waals surface area contributed by atoms with E-state index in [4.69, 9.17) is 0 Å². The SMILES string of the molecule is CC(C)n1cc([N+](=O)[O-])c([N+](=O)[O-])n1. The van der Waals surface area contributed by atoms with Gasteiger partial charge in [-0.25, -0.2) is 0 Å². The number of nitrogens with zero attached hydrogens (tertiary/aromatic N) is 4. The first-order chi connectivity index (χ1) is 6.43. The van der Waals surface area contributed by atoms with Crippen molar-refractivity contribution >= 4 is 11.5 Å². The molecule has 0 aliphatic rings. The number of hydrogen-bond acceptors (Lipinski definition) is 5. The van der Waals surface area contributed by atoms with E-state index in [9.17, 15) is 20.2 Å². The Labute approximate surface area is 78.4 Å². The third-order valence-electron chi connectivity index (χ3n) is 1.59. The summed E-state index contributed by atoms with van der Waals surface area (Å²) in [6, 6.07) is -0.151. The van der Waals surface area contributed by atoms with E-state index >= 15 is 0 Å². The molecule has 8 nitrogen and oxygen atoms in total. The monoisotopic (exact) mass is 200 g/mol. The van der Waals surface area contributed by atoms with Gasteiger partial charge >= 0.3 is 11.5 Å². The lowest BCUT2D eigenvalue weighted by atomic mass is 10.4. The molecule has 1 heterocycles. The molecule has 8 heteroatoms. The topological polar surface area (TPSA) is 104 Å². The smallest absolute Gasteiger partial charge is 0.358 e. The summed E-state index contributed by atoms with van der Waals surface area (Å²) in [4.78, 5) is 19.1. The Morgan fingerprint density at radius 1 is 1.36 bits per heavy atom. The van der Waals surface area contributed by atoms with Crippen molar-refractivity contribution in [3.8, 4) is 0 Å². The van der Waals surface area contributed by atoms with E-state index in [0.29, 0.717) is 0 Å². The van der Waals surface area contributed by atoms with Crippen LogP contribution in [0, 0.1) is 20.2 Å². The van der Waals surface area contributed by atoms with Gasteiger partial charge in [-0.05, 0) is 18.8 Å². The third-order valence-corrected chi connectivity index (χ3v) is 1.59. The molecule has 0 bridgehead atoms. The van der Waals surface area contributed by atoms with Crippen molar-refractivity contribution in [3.05, 3.63) is 26.4 Å². The highest BCUT2D eigenvalue weighted by atomic mass is 16.6. The molecule has 0 fully saturated rings. The van der Waals surface area contributed by atoms with Crippen LogP contribution in [0.5, 0.6) is 0 Å². The molecular formula is C6H8N4O4. The van der Waals surface area contributed by atoms with Crippen LogP contribution in [0.1, 0.15) is 19.9 Å². The van der Waals surface area contributed by atoms with Gasteiger partial charge in [0, 0.05) is 0 Å². The molecule has 1 aromatic heterocycles. The molecule has 0 spiro atoms. The second kappa shape index (κ2) is 3.40. The molecule has 0 atom stereocenters. The lowest BCUT2D eigenvalue weighted by Gasteiger charge is -1.95. The maximum atomic E-state index is 10.4. The van der Waals surface area contributed by atoms with Gasteiger partial charge in [-0.15, -0.1) is 0 Å². The minimum atomic E-state index is -0.864. The van der Waals surface area contributed by atoms with Gasteiger partial charge in [0.05, 0.1) is 16.1 Å². The van der Waals surface area contributed by atoms with Crippen LogP contribution in [0.3, 0.4) is 0 Å². The standard InChI is InChI=1S/C6H8N4O4/c1-4(2)8-3-5(9(11)12)6(7-8)10(13)14/h3-4H,1-2H3. The quantitative estimate of drug-likeness (QED) is 0.539. The molecule has 1 rings (SSSR count). The normalized spacial score (nSPS) is 10.5. The van der Waals surface area contributed by atoms with Crippen LogP contribution in [0.15, 0.2) is 6.20 Å². The Hall–Kier alpha value is -1.99. The molecule has 0 amide bonds. The molecule has 0 saturated heterocycles. The van der Waals surface area contributed by atoms with Crippen molar-refractivity contribution in [2.75, 3.05) is 0 Å². The molecule has 0 radical (unpaired) electrons. The predicted octanol–water partition coefficient (Wildman–Crippen LogP) is 1.28.